The average molecular weight is 420 g/mol. The molecule has 0 spiro atoms. The van der Waals surface area contributed by atoms with Crippen LogP contribution in [0.4, 0.5) is 5.69 Å². The highest BCUT2D eigenvalue weighted by Gasteiger charge is 2.08. The Balaban J connectivity index is 1.48. The van der Waals surface area contributed by atoms with Gasteiger partial charge in [0.05, 0.1) is 20.6 Å². The summed E-state index contributed by atoms with van der Waals surface area (Å²) in [7, 11) is 3.16. The molecular formula is C25H27N2O4. The monoisotopic (exact) mass is 419 g/mol. The van der Waals surface area contributed by atoms with Crippen LogP contribution in [0.3, 0.4) is 0 Å². The second-order valence-corrected chi connectivity index (χ2v) is 7.21. The molecule has 3 aromatic rings. The third-order valence-electron chi connectivity index (χ3n) is 4.84. The zero-order valence-electron chi connectivity index (χ0n) is 18.0. The molecule has 6 nitrogen and oxygen atoms in total. The molecule has 1 radical (unpaired) electrons. The topological polar surface area (TPSA) is 76.7 Å². The molecule has 2 amide bonds. The van der Waals surface area contributed by atoms with Gasteiger partial charge in [-0.2, -0.15) is 0 Å². The van der Waals surface area contributed by atoms with E-state index in [0.717, 1.165) is 34.0 Å². The van der Waals surface area contributed by atoms with Gasteiger partial charge in [0.25, 0.3) is 0 Å². The van der Waals surface area contributed by atoms with Crippen LogP contribution in [-0.2, 0) is 16.0 Å². The van der Waals surface area contributed by atoms with E-state index < -0.39 is 0 Å². The Hall–Kier alpha value is -3.54. The summed E-state index contributed by atoms with van der Waals surface area (Å²) in [5.74, 6) is 1.13. The SMILES string of the molecule is COc1ccc(CC(=O)NCC[CH]c2ccc3cc(NC(C)=O)ccc3c2)cc1OC. The van der Waals surface area contributed by atoms with Gasteiger partial charge in [0.1, 0.15) is 0 Å². The fourth-order valence-corrected chi connectivity index (χ4v) is 3.36. The second-order valence-electron chi connectivity index (χ2n) is 7.21. The lowest BCUT2D eigenvalue weighted by Gasteiger charge is -2.10. The van der Waals surface area contributed by atoms with E-state index in [-0.39, 0.29) is 18.2 Å². The van der Waals surface area contributed by atoms with Crippen molar-refractivity contribution >= 4 is 28.3 Å². The summed E-state index contributed by atoms with van der Waals surface area (Å²) in [6.45, 7) is 2.06. The van der Waals surface area contributed by atoms with Gasteiger partial charge in [0, 0.05) is 19.2 Å². The molecule has 3 rings (SSSR count). The van der Waals surface area contributed by atoms with Gasteiger partial charge < -0.3 is 20.1 Å². The quantitative estimate of drug-likeness (QED) is 0.512. The summed E-state index contributed by atoms with van der Waals surface area (Å²) in [5.41, 5.74) is 2.75. The molecular weight excluding hydrogens is 392 g/mol. The molecule has 0 aromatic heterocycles. The third-order valence-corrected chi connectivity index (χ3v) is 4.84. The zero-order chi connectivity index (χ0) is 22.2. The highest BCUT2D eigenvalue weighted by Crippen LogP contribution is 2.27. The Bertz CT molecular complexity index is 1080. The van der Waals surface area contributed by atoms with Crippen molar-refractivity contribution in [1.82, 2.24) is 5.32 Å². The van der Waals surface area contributed by atoms with E-state index >= 15 is 0 Å². The minimum absolute atomic E-state index is 0.0374. The van der Waals surface area contributed by atoms with Gasteiger partial charge in [-0.3, -0.25) is 9.59 Å². The first-order valence-corrected chi connectivity index (χ1v) is 10.1. The highest BCUT2D eigenvalue weighted by atomic mass is 16.5. The Labute approximate surface area is 182 Å². The summed E-state index contributed by atoms with van der Waals surface area (Å²) in [5, 5.41) is 7.90. The molecule has 0 aliphatic carbocycles. The predicted octanol–water partition coefficient (Wildman–Crippen LogP) is 4.12. The van der Waals surface area contributed by atoms with E-state index in [1.165, 1.54) is 6.92 Å². The van der Waals surface area contributed by atoms with Crippen LogP contribution < -0.4 is 20.1 Å². The van der Waals surface area contributed by atoms with Crippen LogP contribution in [0.25, 0.3) is 10.8 Å². The fourth-order valence-electron chi connectivity index (χ4n) is 3.36. The zero-order valence-corrected chi connectivity index (χ0v) is 18.0. The number of benzene rings is 3. The summed E-state index contributed by atoms with van der Waals surface area (Å²) in [6.07, 6.45) is 3.11. The fraction of sp³-hybridized carbons (Fsp3) is 0.240. The number of nitrogens with one attached hydrogen (secondary N) is 2. The Morgan fingerprint density at radius 3 is 2.39 bits per heavy atom. The van der Waals surface area contributed by atoms with Crippen LogP contribution in [0.2, 0.25) is 0 Å². The number of methoxy groups -OCH3 is 2. The average Bonchev–Trinajstić information content (AvgIpc) is 2.76. The Morgan fingerprint density at radius 1 is 0.903 bits per heavy atom. The molecule has 0 atom stereocenters. The van der Waals surface area contributed by atoms with Gasteiger partial charge in [-0.25, -0.2) is 0 Å². The van der Waals surface area contributed by atoms with Crippen molar-refractivity contribution in [2.75, 3.05) is 26.1 Å². The van der Waals surface area contributed by atoms with Crippen LogP contribution in [-0.4, -0.2) is 32.6 Å². The largest absolute Gasteiger partial charge is 0.493 e. The number of carbonyl (C=O) groups excluding carboxylic acids is 2. The number of carbonyl (C=O) groups is 2. The Kier molecular flexibility index (Phi) is 7.49. The van der Waals surface area contributed by atoms with Gasteiger partial charge in [-0.1, -0.05) is 30.3 Å². The molecule has 0 unspecified atom stereocenters. The third kappa shape index (κ3) is 6.22. The van der Waals surface area contributed by atoms with E-state index in [0.29, 0.717) is 18.0 Å². The van der Waals surface area contributed by atoms with E-state index in [1.807, 2.05) is 42.5 Å². The maximum atomic E-state index is 12.2. The summed E-state index contributed by atoms with van der Waals surface area (Å²) < 4.78 is 10.5. The summed E-state index contributed by atoms with van der Waals surface area (Å²) in [4.78, 5) is 23.4. The van der Waals surface area contributed by atoms with Crippen LogP contribution in [0, 0.1) is 6.42 Å². The first kappa shape index (κ1) is 22.2. The van der Waals surface area contributed by atoms with Crippen LogP contribution in [0.5, 0.6) is 11.5 Å². The first-order valence-electron chi connectivity index (χ1n) is 10.1. The first-order chi connectivity index (χ1) is 15.0. The molecule has 0 saturated carbocycles. The molecule has 0 aliphatic heterocycles. The molecule has 0 fully saturated rings. The number of anilines is 1. The predicted molar refractivity (Wildman–Crippen MR) is 123 cm³/mol. The smallest absolute Gasteiger partial charge is 0.224 e. The van der Waals surface area contributed by atoms with E-state index in [4.69, 9.17) is 9.47 Å². The molecule has 3 aromatic carbocycles. The second kappa shape index (κ2) is 10.5. The van der Waals surface area contributed by atoms with Gasteiger partial charge in [0.2, 0.25) is 11.8 Å². The van der Waals surface area contributed by atoms with Crippen molar-refractivity contribution in [3.05, 3.63) is 72.1 Å². The number of fused-ring (bicyclic) bond motifs is 1. The molecule has 0 aliphatic rings. The van der Waals surface area contributed by atoms with Crippen molar-refractivity contribution in [2.24, 2.45) is 0 Å². The maximum Gasteiger partial charge on any atom is 0.224 e. The number of rotatable bonds is 9. The minimum atomic E-state index is -0.0857. The lowest BCUT2D eigenvalue weighted by atomic mass is 10.0. The van der Waals surface area contributed by atoms with Gasteiger partial charge in [-0.05, 0) is 59.0 Å². The van der Waals surface area contributed by atoms with Gasteiger partial charge >= 0.3 is 0 Å². The lowest BCUT2D eigenvalue weighted by Crippen LogP contribution is -2.26. The number of hydrogen-bond donors (Lipinski definition) is 2. The molecule has 161 valence electrons. The van der Waals surface area contributed by atoms with Crippen molar-refractivity contribution < 1.29 is 19.1 Å². The van der Waals surface area contributed by atoms with Crippen molar-refractivity contribution in [3.8, 4) is 11.5 Å². The molecule has 0 bridgehead atoms. The van der Waals surface area contributed by atoms with Crippen LogP contribution in [0.1, 0.15) is 24.5 Å². The molecule has 6 heteroatoms. The number of amides is 2. The highest BCUT2D eigenvalue weighted by molar-refractivity contribution is 5.93. The van der Waals surface area contributed by atoms with Crippen LogP contribution in [0.15, 0.2) is 54.6 Å². The lowest BCUT2D eigenvalue weighted by molar-refractivity contribution is -0.120. The maximum absolute atomic E-state index is 12.2. The van der Waals surface area contributed by atoms with E-state index in [9.17, 15) is 9.59 Å². The van der Waals surface area contributed by atoms with Gasteiger partial charge in [-0.15, -0.1) is 0 Å². The normalized spacial score (nSPS) is 10.5. The number of hydrogen-bond acceptors (Lipinski definition) is 4. The van der Waals surface area contributed by atoms with Crippen molar-refractivity contribution in [3.63, 3.8) is 0 Å². The minimum Gasteiger partial charge on any atom is -0.493 e. The van der Waals surface area contributed by atoms with E-state index in [1.54, 1.807) is 20.3 Å². The molecule has 0 heterocycles. The van der Waals surface area contributed by atoms with Gasteiger partial charge in [0.15, 0.2) is 11.5 Å². The van der Waals surface area contributed by atoms with Crippen LogP contribution >= 0.6 is 0 Å². The molecule has 0 saturated heterocycles. The summed E-state index contributed by atoms with van der Waals surface area (Å²) in [6, 6.07) is 17.5. The van der Waals surface area contributed by atoms with Crippen molar-refractivity contribution in [2.45, 2.75) is 19.8 Å². The Morgan fingerprint density at radius 2 is 1.65 bits per heavy atom. The molecule has 2 N–H and O–H groups in total. The standard InChI is InChI=1S/C25H27N2O4/c1-17(28)27-22-10-9-20-13-18(6-8-21(20)16-22)5-4-12-26-25(29)15-19-7-11-23(30-2)24(14-19)31-3/h5-11,13-14,16H,4,12,15H2,1-3H3,(H,26,29)(H,27,28). The number of ether oxygens (including phenoxy) is 2. The van der Waals surface area contributed by atoms with E-state index in [2.05, 4.69) is 23.1 Å². The summed E-state index contributed by atoms with van der Waals surface area (Å²) >= 11 is 0. The van der Waals surface area contributed by atoms with Crippen molar-refractivity contribution in [1.29, 1.82) is 0 Å². The molecule has 31 heavy (non-hydrogen) atoms.